The zero-order valence-corrected chi connectivity index (χ0v) is 16.8. The maximum atomic E-state index is 10.9. The van der Waals surface area contributed by atoms with Gasteiger partial charge in [0.2, 0.25) is 0 Å². The predicted octanol–water partition coefficient (Wildman–Crippen LogP) is 8.31. The first-order valence-corrected chi connectivity index (χ1v) is 10.6. The topological polar surface area (TPSA) is 20.2 Å². The minimum Gasteiger partial charge on any atom is -0.507 e. The van der Waals surface area contributed by atoms with Crippen molar-refractivity contribution in [2.75, 3.05) is 0 Å². The van der Waals surface area contributed by atoms with Gasteiger partial charge in [-0.3, -0.25) is 0 Å². The molecular weight excluding hydrogens is 376 g/mol. The number of phenols is 1. The minimum atomic E-state index is 0.331. The molecule has 0 aliphatic heterocycles. The van der Waals surface area contributed by atoms with Gasteiger partial charge < -0.3 is 5.11 Å². The van der Waals surface area contributed by atoms with E-state index in [0.29, 0.717) is 5.75 Å². The van der Waals surface area contributed by atoms with Gasteiger partial charge in [0.15, 0.2) is 0 Å². The molecule has 1 N–H and O–H groups in total. The summed E-state index contributed by atoms with van der Waals surface area (Å²) in [5.41, 5.74) is 0. The molecular formula is C30H18O. The van der Waals surface area contributed by atoms with Crippen LogP contribution in [0.1, 0.15) is 0 Å². The summed E-state index contributed by atoms with van der Waals surface area (Å²) in [6.45, 7) is 0. The molecule has 0 fully saturated rings. The molecule has 0 unspecified atom stereocenters. The van der Waals surface area contributed by atoms with Gasteiger partial charge in [0.1, 0.15) is 5.75 Å². The second-order valence-corrected chi connectivity index (χ2v) is 8.31. The molecule has 31 heavy (non-hydrogen) atoms. The normalized spacial score (nSPS) is 12.0. The smallest absolute Gasteiger partial charge is 0.124 e. The van der Waals surface area contributed by atoms with Crippen LogP contribution in [-0.2, 0) is 0 Å². The summed E-state index contributed by atoms with van der Waals surface area (Å²) >= 11 is 0. The van der Waals surface area contributed by atoms with E-state index in [1.165, 1.54) is 48.5 Å². The highest BCUT2D eigenvalue weighted by atomic mass is 16.3. The largest absolute Gasteiger partial charge is 0.507 e. The SMILES string of the molecule is Oc1cc2c(ccc3ccc4ccc5ccc6ccccc6c5c4c32)c2ccccc12. The fourth-order valence-corrected chi connectivity index (χ4v) is 5.30. The highest BCUT2D eigenvalue weighted by Crippen LogP contribution is 2.42. The lowest BCUT2D eigenvalue weighted by Crippen LogP contribution is -1.86. The molecule has 0 aliphatic rings. The van der Waals surface area contributed by atoms with Crippen molar-refractivity contribution in [2.45, 2.75) is 0 Å². The van der Waals surface area contributed by atoms with Gasteiger partial charge in [0, 0.05) is 5.39 Å². The van der Waals surface area contributed by atoms with E-state index in [4.69, 9.17) is 0 Å². The van der Waals surface area contributed by atoms with Gasteiger partial charge in [0.05, 0.1) is 0 Å². The molecule has 1 heteroatoms. The van der Waals surface area contributed by atoms with Gasteiger partial charge in [-0.1, -0.05) is 97.1 Å². The van der Waals surface area contributed by atoms with Gasteiger partial charge in [-0.25, -0.2) is 0 Å². The van der Waals surface area contributed by atoms with Gasteiger partial charge in [-0.15, -0.1) is 0 Å². The van der Waals surface area contributed by atoms with Crippen molar-refractivity contribution in [2.24, 2.45) is 0 Å². The van der Waals surface area contributed by atoms with Crippen LogP contribution in [0.4, 0.5) is 0 Å². The highest BCUT2D eigenvalue weighted by Gasteiger charge is 2.13. The second kappa shape index (κ2) is 5.96. The van der Waals surface area contributed by atoms with Crippen LogP contribution in [0, 0.1) is 0 Å². The van der Waals surface area contributed by atoms with Gasteiger partial charge in [0.25, 0.3) is 0 Å². The van der Waals surface area contributed by atoms with Crippen molar-refractivity contribution in [3.05, 3.63) is 103 Å². The summed E-state index contributed by atoms with van der Waals surface area (Å²) in [5, 5.41) is 25.0. The maximum absolute atomic E-state index is 10.9. The van der Waals surface area contributed by atoms with Crippen molar-refractivity contribution in [3.63, 3.8) is 0 Å². The lowest BCUT2D eigenvalue weighted by Gasteiger charge is -2.14. The Labute approximate surface area is 178 Å². The van der Waals surface area contributed by atoms with Crippen molar-refractivity contribution in [1.29, 1.82) is 0 Å². The molecule has 0 aromatic heterocycles. The Morgan fingerprint density at radius 1 is 0.355 bits per heavy atom. The highest BCUT2D eigenvalue weighted by molar-refractivity contribution is 6.33. The maximum Gasteiger partial charge on any atom is 0.124 e. The van der Waals surface area contributed by atoms with Crippen LogP contribution in [0.15, 0.2) is 103 Å². The van der Waals surface area contributed by atoms with Crippen molar-refractivity contribution >= 4 is 64.6 Å². The van der Waals surface area contributed by atoms with E-state index in [0.717, 1.165) is 16.2 Å². The predicted molar refractivity (Wildman–Crippen MR) is 133 cm³/mol. The van der Waals surface area contributed by atoms with Crippen LogP contribution in [0.5, 0.6) is 5.75 Å². The number of phenolic OH excluding ortho intramolecular Hbond substituents is 1. The molecule has 0 aliphatic carbocycles. The molecule has 7 rings (SSSR count). The molecule has 0 radical (unpaired) electrons. The van der Waals surface area contributed by atoms with E-state index < -0.39 is 0 Å². The average Bonchev–Trinajstić information content (AvgIpc) is 2.83. The van der Waals surface area contributed by atoms with Crippen LogP contribution in [-0.4, -0.2) is 5.11 Å². The van der Waals surface area contributed by atoms with Crippen LogP contribution in [0.2, 0.25) is 0 Å². The fraction of sp³-hybridized carbons (Fsp3) is 0. The molecule has 7 aromatic rings. The van der Waals surface area contributed by atoms with E-state index in [-0.39, 0.29) is 0 Å². The molecule has 7 aromatic carbocycles. The van der Waals surface area contributed by atoms with Gasteiger partial charge in [-0.2, -0.15) is 0 Å². The summed E-state index contributed by atoms with van der Waals surface area (Å²) in [6.07, 6.45) is 0. The van der Waals surface area contributed by atoms with E-state index in [1.807, 2.05) is 24.3 Å². The third-order valence-corrected chi connectivity index (χ3v) is 6.69. The Bertz CT molecular complexity index is 1830. The summed E-state index contributed by atoms with van der Waals surface area (Å²) < 4.78 is 0. The molecule has 0 saturated heterocycles. The van der Waals surface area contributed by atoms with E-state index >= 15 is 0 Å². The quantitative estimate of drug-likeness (QED) is 0.256. The molecule has 0 bridgehead atoms. The molecule has 0 spiro atoms. The van der Waals surface area contributed by atoms with E-state index in [2.05, 4.69) is 78.9 Å². The van der Waals surface area contributed by atoms with Crippen LogP contribution in [0.25, 0.3) is 64.6 Å². The number of aromatic hydroxyl groups is 1. The summed E-state index contributed by atoms with van der Waals surface area (Å²) in [6, 6.07) is 36.3. The summed E-state index contributed by atoms with van der Waals surface area (Å²) in [5.74, 6) is 0.331. The molecule has 0 saturated carbocycles. The lowest BCUT2D eigenvalue weighted by molar-refractivity contribution is 0.482. The monoisotopic (exact) mass is 394 g/mol. The minimum absolute atomic E-state index is 0.331. The third kappa shape index (κ3) is 2.21. The number of benzene rings is 7. The number of hydrogen-bond donors (Lipinski definition) is 1. The zero-order chi connectivity index (χ0) is 20.5. The van der Waals surface area contributed by atoms with Crippen LogP contribution in [0.3, 0.4) is 0 Å². The molecule has 0 heterocycles. The summed E-state index contributed by atoms with van der Waals surface area (Å²) in [7, 11) is 0. The van der Waals surface area contributed by atoms with Crippen LogP contribution < -0.4 is 0 Å². The Morgan fingerprint density at radius 2 is 0.839 bits per heavy atom. The number of fused-ring (bicyclic) bond motifs is 11. The Morgan fingerprint density at radius 3 is 1.58 bits per heavy atom. The Kier molecular flexibility index (Phi) is 3.21. The van der Waals surface area contributed by atoms with Gasteiger partial charge >= 0.3 is 0 Å². The van der Waals surface area contributed by atoms with Crippen molar-refractivity contribution in [1.82, 2.24) is 0 Å². The first-order chi connectivity index (χ1) is 15.3. The van der Waals surface area contributed by atoms with Crippen molar-refractivity contribution in [3.8, 4) is 5.75 Å². The van der Waals surface area contributed by atoms with Crippen LogP contribution >= 0.6 is 0 Å². The lowest BCUT2D eigenvalue weighted by atomic mass is 9.89. The standard InChI is InChI=1S/C30H18O/c31-27-17-26-24(23-7-3-4-8-25(23)27)16-15-20-12-14-21-13-11-19-10-9-18-5-1-2-6-22(18)28(19)30(21)29(20)26/h1-17,31H. The molecule has 0 atom stereocenters. The van der Waals surface area contributed by atoms with E-state index in [1.54, 1.807) is 0 Å². The van der Waals surface area contributed by atoms with E-state index in [9.17, 15) is 5.11 Å². The second-order valence-electron chi connectivity index (χ2n) is 8.31. The van der Waals surface area contributed by atoms with Gasteiger partial charge in [-0.05, 0) is 65.3 Å². The number of rotatable bonds is 0. The zero-order valence-electron chi connectivity index (χ0n) is 16.8. The average molecular weight is 394 g/mol. The molecule has 0 amide bonds. The fourth-order valence-electron chi connectivity index (χ4n) is 5.30. The summed E-state index contributed by atoms with van der Waals surface area (Å²) in [4.78, 5) is 0. The molecule has 144 valence electrons. The first kappa shape index (κ1) is 16.7. The third-order valence-electron chi connectivity index (χ3n) is 6.69. The molecule has 1 nitrogen and oxygen atoms in total. The van der Waals surface area contributed by atoms with Crippen molar-refractivity contribution < 1.29 is 5.11 Å². The Hall–Kier alpha value is -4.10. The first-order valence-electron chi connectivity index (χ1n) is 10.6. The Balaban J connectivity index is 1.85. The number of hydrogen-bond acceptors (Lipinski definition) is 1.